The second-order valence-electron chi connectivity index (χ2n) is 7.24. The summed E-state index contributed by atoms with van der Waals surface area (Å²) in [5, 5.41) is 2.92. The van der Waals surface area contributed by atoms with E-state index in [-0.39, 0.29) is 17.3 Å². The first-order valence-electron chi connectivity index (χ1n) is 10.2. The highest BCUT2D eigenvalue weighted by atomic mass is 32.2. The van der Waals surface area contributed by atoms with Gasteiger partial charge in [0, 0.05) is 31.9 Å². The van der Waals surface area contributed by atoms with E-state index in [1.54, 1.807) is 24.3 Å². The summed E-state index contributed by atoms with van der Waals surface area (Å²) in [5.41, 5.74) is 3.03. The van der Waals surface area contributed by atoms with Crippen molar-refractivity contribution >= 4 is 21.6 Å². The zero-order valence-electron chi connectivity index (χ0n) is 17.5. The van der Waals surface area contributed by atoms with Crippen LogP contribution in [0.5, 0.6) is 0 Å². The predicted molar refractivity (Wildman–Crippen MR) is 117 cm³/mol. The molecule has 1 fully saturated rings. The van der Waals surface area contributed by atoms with E-state index in [2.05, 4.69) is 5.32 Å². The highest BCUT2D eigenvalue weighted by molar-refractivity contribution is 7.89. The SMILES string of the molecule is CCN(CC(=O)NCc1ccc(S(=O)(=O)N2CCOCC2)cc1)c1ccccc1C. The summed E-state index contributed by atoms with van der Waals surface area (Å²) < 4.78 is 32.0. The van der Waals surface area contributed by atoms with Gasteiger partial charge in [-0.2, -0.15) is 4.31 Å². The Morgan fingerprint density at radius 1 is 1.10 bits per heavy atom. The van der Waals surface area contributed by atoms with Gasteiger partial charge in [0.05, 0.1) is 24.7 Å². The highest BCUT2D eigenvalue weighted by Crippen LogP contribution is 2.19. The fourth-order valence-corrected chi connectivity index (χ4v) is 4.84. The fourth-order valence-electron chi connectivity index (χ4n) is 3.43. The molecular formula is C22H29N3O4S. The number of nitrogens with zero attached hydrogens (tertiary/aromatic N) is 2. The van der Waals surface area contributed by atoms with E-state index < -0.39 is 10.0 Å². The number of para-hydroxylation sites is 1. The van der Waals surface area contributed by atoms with E-state index in [4.69, 9.17) is 4.74 Å². The lowest BCUT2D eigenvalue weighted by atomic mass is 10.2. The van der Waals surface area contributed by atoms with Crippen LogP contribution in [0.4, 0.5) is 5.69 Å². The molecule has 3 rings (SSSR count). The molecule has 7 nitrogen and oxygen atoms in total. The van der Waals surface area contributed by atoms with Gasteiger partial charge in [0.1, 0.15) is 0 Å². The molecule has 0 saturated carbocycles. The van der Waals surface area contributed by atoms with Crippen molar-refractivity contribution in [3.63, 3.8) is 0 Å². The Kier molecular flexibility index (Phi) is 7.47. The van der Waals surface area contributed by atoms with Gasteiger partial charge in [0.2, 0.25) is 15.9 Å². The van der Waals surface area contributed by atoms with E-state index in [0.717, 1.165) is 23.4 Å². The molecule has 0 spiro atoms. The van der Waals surface area contributed by atoms with Gasteiger partial charge >= 0.3 is 0 Å². The van der Waals surface area contributed by atoms with Crippen molar-refractivity contribution in [2.24, 2.45) is 0 Å². The maximum Gasteiger partial charge on any atom is 0.243 e. The summed E-state index contributed by atoms with van der Waals surface area (Å²) in [6.45, 7) is 6.97. The molecule has 1 aliphatic heterocycles. The predicted octanol–water partition coefficient (Wildman–Crippen LogP) is 2.16. The van der Waals surface area contributed by atoms with Crippen molar-refractivity contribution in [2.45, 2.75) is 25.3 Å². The van der Waals surface area contributed by atoms with E-state index in [9.17, 15) is 13.2 Å². The van der Waals surface area contributed by atoms with E-state index in [1.165, 1.54) is 4.31 Å². The molecule has 162 valence electrons. The molecule has 1 amide bonds. The van der Waals surface area contributed by atoms with Crippen LogP contribution in [-0.2, 0) is 26.1 Å². The standard InChI is InChI=1S/C22H29N3O4S/c1-3-24(21-7-5-4-6-18(21)2)17-22(26)23-16-19-8-10-20(11-9-19)30(27,28)25-12-14-29-15-13-25/h4-11H,3,12-17H2,1-2H3,(H,23,26). The third-order valence-electron chi connectivity index (χ3n) is 5.19. The number of rotatable bonds is 8. The Bertz CT molecular complexity index is 955. The summed E-state index contributed by atoms with van der Waals surface area (Å²) in [6, 6.07) is 14.7. The topological polar surface area (TPSA) is 79.0 Å². The molecule has 2 aromatic rings. The maximum absolute atomic E-state index is 12.7. The Balaban J connectivity index is 1.57. The number of anilines is 1. The number of carbonyl (C=O) groups excluding carboxylic acids is 1. The first-order valence-corrected chi connectivity index (χ1v) is 11.6. The zero-order chi connectivity index (χ0) is 21.6. The average Bonchev–Trinajstić information content (AvgIpc) is 2.77. The molecule has 0 bridgehead atoms. The number of amides is 1. The van der Waals surface area contributed by atoms with Crippen molar-refractivity contribution < 1.29 is 17.9 Å². The second kappa shape index (κ2) is 10.1. The van der Waals surface area contributed by atoms with Crippen molar-refractivity contribution in [1.29, 1.82) is 0 Å². The van der Waals surface area contributed by atoms with Crippen LogP contribution in [0.1, 0.15) is 18.1 Å². The third-order valence-corrected chi connectivity index (χ3v) is 7.11. The summed E-state index contributed by atoms with van der Waals surface area (Å²) in [7, 11) is -3.50. The first-order chi connectivity index (χ1) is 14.4. The minimum Gasteiger partial charge on any atom is -0.379 e. The molecule has 0 aliphatic carbocycles. The van der Waals surface area contributed by atoms with E-state index >= 15 is 0 Å². The Labute approximate surface area is 178 Å². The lowest BCUT2D eigenvalue weighted by molar-refractivity contribution is -0.119. The smallest absolute Gasteiger partial charge is 0.243 e. The van der Waals surface area contributed by atoms with E-state index in [1.807, 2.05) is 43.0 Å². The third kappa shape index (κ3) is 5.38. The Morgan fingerprint density at radius 3 is 2.40 bits per heavy atom. The average molecular weight is 432 g/mol. The van der Waals surface area contributed by atoms with Crippen LogP contribution < -0.4 is 10.2 Å². The van der Waals surface area contributed by atoms with Crippen LogP contribution in [-0.4, -0.2) is 58.0 Å². The molecule has 0 atom stereocenters. The quantitative estimate of drug-likeness (QED) is 0.693. The monoisotopic (exact) mass is 431 g/mol. The fraction of sp³-hybridized carbons (Fsp3) is 0.409. The molecule has 1 heterocycles. The normalized spacial score (nSPS) is 15.0. The van der Waals surface area contributed by atoms with Crippen molar-refractivity contribution in [2.75, 3.05) is 44.3 Å². The molecule has 1 N–H and O–H groups in total. The van der Waals surface area contributed by atoms with Gasteiger partial charge in [-0.3, -0.25) is 4.79 Å². The number of hydrogen-bond donors (Lipinski definition) is 1. The first kappa shape index (κ1) is 22.3. The van der Waals surface area contributed by atoms with Gasteiger partial charge in [-0.05, 0) is 43.2 Å². The number of ether oxygens (including phenoxy) is 1. The molecule has 30 heavy (non-hydrogen) atoms. The Hall–Kier alpha value is -2.42. The molecule has 1 saturated heterocycles. The number of carbonyl (C=O) groups is 1. The van der Waals surface area contributed by atoms with Crippen LogP contribution in [0.25, 0.3) is 0 Å². The number of morpholine rings is 1. The lowest BCUT2D eigenvalue weighted by Crippen LogP contribution is -2.40. The molecule has 0 radical (unpaired) electrons. The summed E-state index contributed by atoms with van der Waals surface area (Å²) in [5.74, 6) is -0.0786. The van der Waals surface area contributed by atoms with Gasteiger partial charge in [0.15, 0.2) is 0 Å². The van der Waals surface area contributed by atoms with Gasteiger partial charge in [0.25, 0.3) is 0 Å². The van der Waals surface area contributed by atoms with Crippen LogP contribution in [0.3, 0.4) is 0 Å². The number of aryl methyl sites for hydroxylation is 1. The largest absolute Gasteiger partial charge is 0.379 e. The van der Waals surface area contributed by atoms with Gasteiger partial charge < -0.3 is 15.0 Å². The number of likely N-dealkylation sites (N-methyl/N-ethyl adjacent to an activating group) is 1. The molecule has 0 unspecified atom stereocenters. The zero-order valence-corrected chi connectivity index (χ0v) is 18.3. The summed E-state index contributed by atoms with van der Waals surface area (Å²) >= 11 is 0. The molecule has 8 heteroatoms. The Morgan fingerprint density at radius 2 is 1.77 bits per heavy atom. The summed E-state index contributed by atoms with van der Waals surface area (Å²) in [4.78, 5) is 14.7. The molecule has 1 aliphatic rings. The number of benzene rings is 2. The van der Waals surface area contributed by atoms with E-state index in [0.29, 0.717) is 32.8 Å². The van der Waals surface area contributed by atoms with Crippen molar-refractivity contribution in [1.82, 2.24) is 9.62 Å². The van der Waals surface area contributed by atoms with Crippen LogP contribution >= 0.6 is 0 Å². The van der Waals surface area contributed by atoms with Gasteiger partial charge in [-0.25, -0.2) is 8.42 Å². The minimum absolute atomic E-state index is 0.0786. The lowest BCUT2D eigenvalue weighted by Gasteiger charge is -2.26. The number of hydrogen-bond acceptors (Lipinski definition) is 5. The van der Waals surface area contributed by atoms with Crippen molar-refractivity contribution in [3.05, 3.63) is 59.7 Å². The maximum atomic E-state index is 12.7. The minimum atomic E-state index is -3.50. The van der Waals surface area contributed by atoms with Gasteiger partial charge in [-0.1, -0.05) is 30.3 Å². The van der Waals surface area contributed by atoms with Crippen molar-refractivity contribution in [3.8, 4) is 0 Å². The van der Waals surface area contributed by atoms with Gasteiger partial charge in [-0.15, -0.1) is 0 Å². The molecule has 2 aromatic carbocycles. The van der Waals surface area contributed by atoms with Crippen LogP contribution in [0, 0.1) is 6.92 Å². The highest BCUT2D eigenvalue weighted by Gasteiger charge is 2.26. The number of sulfonamides is 1. The summed E-state index contributed by atoms with van der Waals surface area (Å²) in [6.07, 6.45) is 0. The molecular weight excluding hydrogens is 402 g/mol. The van der Waals surface area contributed by atoms with Crippen LogP contribution in [0.15, 0.2) is 53.4 Å². The second-order valence-corrected chi connectivity index (χ2v) is 9.18. The van der Waals surface area contributed by atoms with Crippen LogP contribution in [0.2, 0.25) is 0 Å². The number of nitrogens with one attached hydrogen (secondary N) is 1. The molecule has 0 aromatic heterocycles.